The van der Waals surface area contributed by atoms with E-state index in [0.29, 0.717) is 6.54 Å². The van der Waals surface area contributed by atoms with Gasteiger partial charge in [-0.2, -0.15) is 4.72 Å². The summed E-state index contributed by atoms with van der Waals surface area (Å²) >= 11 is 0. The first-order chi connectivity index (χ1) is 12.6. The molecule has 10 heteroatoms. The number of amides is 3. The fourth-order valence-electron chi connectivity index (χ4n) is 2.42. The molecule has 9 nitrogen and oxygen atoms in total. The Morgan fingerprint density at radius 2 is 1.89 bits per heavy atom. The number of carbonyl (C=O) groups is 3. The number of rotatable bonds is 7. The SMILES string of the molecule is Cc1ccc(S(=O)(=O)N[C@@H](C(=O)OCC(=O)N2CCNC2=O)C(C)C)cc1. The highest BCUT2D eigenvalue weighted by Gasteiger charge is 2.32. The Balaban J connectivity index is 2.03. The monoisotopic (exact) mass is 397 g/mol. The predicted molar refractivity (Wildman–Crippen MR) is 96.2 cm³/mol. The molecule has 0 aromatic heterocycles. The Bertz CT molecular complexity index is 820. The molecule has 0 saturated carbocycles. The van der Waals surface area contributed by atoms with Crippen molar-refractivity contribution in [3.05, 3.63) is 29.8 Å². The van der Waals surface area contributed by atoms with Crippen molar-refractivity contribution >= 4 is 27.9 Å². The molecule has 1 saturated heterocycles. The van der Waals surface area contributed by atoms with Gasteiger partial charge in [-0.1, -0.05) is 31.5 Å². The minimum absolute atomic E-state index is 0.0244. The van der Waals surface area contributed by atoms with E-state index >= 15 is 0 Å². The Hall–Kier alpha value is -2.46. The Labute approximate surface area is 158 Å². The Morgan fingerprint density at radius 3 is 2.41 bits per heavy atom. The zero-order chi connectivity index (χ0) is 20.2. The predicted octanol–water partition coefficient (Wildman–Crippen LogP) is 0.393. The second kappa shape index (κ2) is 8.49. The van der Waals surface area contributed by atoms with Crippen molar-refractivity contribution in [3.63, 3.8) is 0 Å². The van der Waals surface area contributed by atoms with Gasteiger partial charge in [0.25, 0.3) is 5.91 Å². The van der Waals surface area contributed by atoms with Gasteiger partial charge in [-0.05, 0) is 25.0 Å². The summed E-state index contributed by atoms with van der Waals surface area (Å²) in [7, 11) is -3.94. The van der Waals surface area contributed by atoms with E-state index in [9.17, 15) is 22.8 Å². The molecule has 1 heterocycles. The first kappa shape index (κ1) is 20.8. The fourth-order valence-corrected chi connectivity index (χ4v) is 3.75. The molecule has 1 aliphatic heterocycles. The van der Waals surface area contributed by atoms with Gasteiger partial charge < -0.3 is 10.1 Å². The number of hydrogen-bond acceptors (Lipinski definition) is 6. The summed E-state index contributed by atoms with van der Waals surface area (Å²) in [6.45, 7) is 5.03. The molecule has 0 bridgehead atoms. The average molecular weight is 397 g/mol. The first-order valence-electron chi connectivity index (χ1n) is 8.45. The number of esters is 1. The van der Waals surface area contributed by atoms with Crippen LogP contribution in [0.5, 0.6) is 0 Å². The number of carbonyl (C=O) groups excluding carboxylic acids is 3. The number of ether oxygens (including phenoxy) is 1. The lowest BCUT2D eigenvalue weighted by atomic mass is 10.1. The third-order valence-corrected chi connectivity index (χ3v) is 5.49. The Morgan fingerprint density at radius 1 is 1.26 bits per heavy atom. The van der Waals surface area contributed by atoms with Gasteiger partial charge in [0.15, 0.2) is 6.61 Å². The van der Waals surface area contributed by atoms with Crippen LogP contribution in [0, 0.1) is 12.8 Å². The second-order valence-corrected chi connectivity index (χ2v) is 8.26. The second-order valence-electron chi connectivity index (χ2n) is 6.54. The van der Waals surface area contributed by atoms with Gasteiger partial charge >= 0.3 is 12.0 Å². The molecular formula is C17H23N3O6S. The van der Waals surface area contributed by atoms with Gasteiger partial charge in [0.2, 0.25) is 10.0 Å². The maximum absolute atomic E-state index is 12.5. The average Bonchev–Trinajstić information content (AvgIpc) is 3.03. The van der Waals surface area contributed by atoms with Crippen LogP contribution >= 0.6 is 0 Å². The number of benzene rings is 1. The summed E-state index contributed by atoms with van der Waals surface area (Å²) in [6, 6.07) is 4.47. The van der Waals surface area contributed by atoms with E-state index in [4.69, 9.17) is 4.74 Å². The maximum atomic E-state index is 12.5. The highest BCUT2D eigenvalue weighted by Crippen LogP contribution is 2.14. The molecular weight excluding hydrogens is 374 g/mol. The topological polar surface area (TPSA) is 122 Å². The minimum atomic E-state index is -3.94. The van der Waals surface area contributed by atoms with Gasteiger partial charge in [-0.25, -0.2) is 13.2 Å². The number of aryl methyl sites for hydroxylation is 1. The number of urea groups is 1. The van der Waals surface area contributed by atoms with Crippen LogP contribution in [0.2, 0.25) is 0 Å². The van der Waals surface area contributed by atoms with Crippen LogP contribution in [0.15, 0.2) is 29.2 Å². The first-order valence-corrected chi connectivity index (χ1v) is 9.94. The molecule has 0 aliphatic carbocycles. The van der Waals surface area contributed by atoms with Crippen molar-refractivity contribution in [1.82, 2.24) is 14.9 Å². The summed E-state index contributed by atoms with van der Waals surface area (Å²) in [5, 5.41) is 2.47. The van der Waals surface area contributed by atoms with Gasteiger partial charge in [-0.15, -0.1) is 0 Å². The number of nitrogens with one attached hydrogen (secondary N) is 2. The maximum Gasteiger partial charge on any atom is 0.324 e. The van der Waals surface area contributed by atoms with Crippen molar-refractivity contribution in [2.75, 3.05) is 19.7 Å². The summed E-state index contributed by atoms with van der Waals surface area (Å²) in [4.78, 5) is 36.7. The van der Waals surface area contributed by atoms with Crippen LogP contribution in [-0.2, 0) is 24.3 Å². The molecule has 2 N–H and O–H groups in total. The minimum Gasteiger partial charge on any atom is -0.454 e. The summed E-state index contributed by atoms with van der Waals surface area (Å²) < 4.78 is 32.3. The van der Waals surface area contributed by atoms with Crippen LogP contribution in [-0.4, -0.2) is 57.0 Å². The van der Waals surface area contributed by atoms with Crippen molar-refractivity contribution in [2.45, 2.75) is 31.7 Å². The van der Waals surface area contributed by atoms with Crippen LogP contribution in [0.1, 0.15) is 19.4 Å². The van der Waals surface area contributed by atoms with Crippen molar-refractivity contribution < 1.29 is 27.5 Å². The van der Waals surface area contributed by atoms with Crippen LogP contribution < -0.4 is 10.0 Å². The number of sulfonamides is 1. The lowest BCUT2D eigenvalue weighted by Gasteiger charge is -2.21. The van der Waals surface area contributed by atoms with Gasteiger partial charge in [-0.3, -0.25) is 14.5 Å². The zero-order valence-electron chi connectivity index (χ0n) is 15.4. The van der Waals surface area contributed by atoms with Crippen LogP contribution in [0.4, 0.5) is 4.79 Å². The van der Waals surface area contributed by atoms with Crippen LogP contribution in [0.25, 0.3) is 0 Å². The standard InChI is InChI=1S/C17H23N3O6S/c1-11(2)15(19-27(24,25)13-6-4-12(3)5-7-13)16(22)26-10-14(21)20-9-8-18-17(20)23/h4-7,11,15,19H,8-10H2,1-3H3,(H,18,23)/t15-/m1/s1. The largest absolute Gasteiger partial charge is 0.454 e. The molecule has 3 amide bonds. The van der Waals surface area contributed by atoms with Gasteiger partial charge in [0.05, 0.1) is 4.90 Å². The van der Waals surface area contributed by atoms with E-state index in [1.807, 2.05) is 6.92 Å². The number of hydrogen-bond donors (Lipinski definition) is 2. The number of imide groups is 1. The molecule has 1 aliphatic rings. The molecule has 0 unspecified atom stereocenters. The molecule has 0 spiro atoms. The third kappa shape index (κ3) is 5.27. The molecule has 1 aromatic rings. The highest BCUT2D eigenvalue weighted by atomic mass is 32.2. The summed E-state index contributed by atoms with van der Waals surface area (Å²) in [5.74, 6) is -1.96. The van der Waals surface area contributed by atoms with E-state index in [2.05, 4.69) is 10.0 Å². The molecule has 27 heavy (non-hydrogen) atoms. The highest BCUT2D eigenvalue weighted by molar-refractivity contribution is 7.89. The fraction of sp³-hybridized carbons (Fsp3) is 0.471. The molecule has 148 valence electrons. The number of nitrogens with zero attached hydrogens (tertiary/aromatic N) is 1. The zero-order valence-corrected chi connectivity index (χ0v) is 16.2. The van der Waals surface area contributed by atoms with Crippen LogP contribution in [0.3, 0.4) is 0 Å². The molecule has 1 fully saturated rings. The summed E-state index contributed by atoms with van der Waals surface area (Å²) in [5.41, 5.74) is 0.901. The van der Waals surface area contributed by atoms with Gasteiger partial charge in [0, 0.05) is 13.1 Å². The third-order valence-electron chi connectivity index (χ3n) is 4.03. The van der Waals surface area contributed by atoms with Crippen molar-refractivity contribution in [3.8, 4) is 0 Å². The Kier molecular flexibility index (Phi) is 6.55. The quantitative estimate of drug-likeness (QED) is 0.642. The van der Waals surface area contributed by atoms with E-state index < -0.39 is 46.5 Å². The molecule has 1 atom stereocenters. The lowest BCUT2D eigenvalue weighted by molar-refractivity contribution is -0.153. The van der Waals surface area contributed by atoms with E-state index in [1.54, 1.807) is 26.0 Å². The normalized spacial score (nSPS) is 15.6. The molecule has 0 radical (unpaired) electrons. The molecule has 1 aromatic carbocycles. The van der Waals surface area contributed by atoms with E-state index in [0.717, 1.165) is 10.5 Å². The van der Waals surface area contributed by atoms with Gasteiger partial charge in [0.1, 0.15) is 6.04 Å². The van der Waals surface area contributed by atoms with Crippen molar-refractivity contribution in [2.24, 2.45) is 5.92 Å². The van der Waals surface area contributed by atoms with E-state index in [-0.39, 0.29) is 11.4 Å². The summed E-state index contributed by atoms with van der Waals surface area (Å²) in [6.07, 6.45) is 0. The molecule has 2 rings (SSSR count). The van der Waals surface area contributed by atoms with Crippen molar-refractivity contribution in [1.29, 1.82) is 0 Å². The lowest BCUT2D eigenvalue weighted by Crippen LogP contribution is -2.46. The smallest absolute Gasteiger partial charge is 0.324 e. The van der Waals surface area contributed by atoms with E-state index in [1.165, 1.54) is 12.1 Å².